The van der Waals surface area contributed by atoms with Crippen LogP contribution in [0.5, 0.6) is 23.0 Å². The van der Waals surface area contributed by atoms with Crippen molar-refractivity contribution >= 4 is 11.7 Å². The van der Waals surface area contributed by atoms with Crippen molar-refractivity contribution in [2.24, 2.45) is 0 Å². The van der Waals surface area contributed by atoms with E-state index < -0.39 is 0 Å². The molecule has 1 aromatic heterocycles. The summed E-state index contributed by atoms with van der Waals surface area (Å²) in [6.45, 7) is 3.10. The van der Waals surface area contributed by atoms with Gasteiger partial charge in [-0.15, -0.1) is 5.10 Å². The van der Waals surface area contributed by atoms with Crippen LogP contribution in [-0.2, 0) is 6.54 Å². The summed E-state index contributed by atoms with van der Waals surface area (Å²) in [5.74, 6) is 2.91. The van der Waals surface area contributed by atoms with Crippen molar-refractivity contribution in [3.63, 3.8) is 0 Å². The Morgan fingerprint density at radius 2 is 1.57 bits per heavy atom. The molecule has 12 nitrogen and oxygen atoms in total. The van der Waals surface area contributed by atoms with Crippen LogP contribution in [0.4, 0.5) is 10.5 Å². The van der Waals surface area contributed by atoms with Gasteiger partial charge in [0.15, 0.2) is 17.3 Å². The molecule has 0 saturated carbocycles. The van der Waals surface area contributed by atoms with Crippen molar-refractivity contribution < 1.29 is 23.7 Å². The monoisotopic (exact) mass is 483 g/mol. The van der Waals surface area contributed by atoms with E-state index in [2.05, 4.69) is 25.7 Å². The number of carbonyl (C=O) groups is 1. The first-order valence-corrected chi connectivity index (χ1v) is 11.1. The van der Waals surface area contributed by atoms with Crippen LogP contribution in [0.2, 0.25) is 0 Å². The number of amides is 2. The fraction of sp³-hybridized carbons (Fsp3) is 0.391. The first-order valence-electron chi connectivity index (χ1n) is 11.1. The number of urea groups is 1. The van der Waals surface area contributed by atoms with E-state index in [-0.39, 0.29) is 6.03 Å². The van der Waals surface area contributed by atoms with E-state index in [0.29, 0.717) is 55.7 Å². The lowest BCUT2D eigenvalue weighted by Crippen LogP contribution is -2.49. The molecule has 12 heteroatoms. The van der Waals surface area contributed by atoms with Gasteiger partial charge in [-0.3, -0.25) is 4.90 Å². The molecule has 0 radical (unpaired) electrons. The Bertz CT molecular complexity index is 1120. The zero-order valence-electron chi connectivity index (χ0n) is 20.2. The molecule has 2 aromatic carbocycles. The third-order valence-corrected chi connectivity index (χ3v) is 5.79. The highest BCUT2D eigenvalue weighted by Crippen LogP contribution is 2.40. The van der Waals surface area contributed by atoms with E-state index in [4.69, 9.17) is 18.9 Å². The summed E-state index contributed by atoms with van der Waals surface area (Å²) in [6.07, 6.45) is 0. The van der Waals surface area contributed by atoms with Crippen LogP contribution >= 0.6 is 0 Å². The van der Waals surface area contributed by atoms with Gasteiger partial charge in [0.1, 0.15) is 5.75 Å². The molecule has 1 saturated heterocycles. The van der Waals surface area contributed by atoms with Gasteiger partial charge in [0.25, 0.3) is 0 Å². The summed E-state index contributed by atoms with van der Waals surface area (Å²) in [5.41, 5.74) is 1.42. The number of aromatic nitrogens is 4. The first kappa shape index (κ1) is 24.1. The van der Waals surface area contributed by atoms with Crippen LogP contribution in [0.15, 0.2) is 36.4 Å². The average molecular weight is 484 g/mol. The quantitative estimate of drug-likeness (QED) is 0.514. The van der Waals surface area contributed by atoms with Crippen molar-refractivity contribution in [2.75, 3.05) is 59.9 Å². The molecule has 0 bridgehead atoms. The fourth-order valence-electron chi connectivity index (χ4n) is 3.89. The largest absolute Gasteiger partial charge is 0.497 e. The van der Waals surface area contributed by atoms with Crippen molar-refractivity contribution in [2.45, 2.75) is 6.54 Å². The normalized spacial score (nSPS) is 13.9. The van der Waals surface area contributed by atoms with Gasteiger partial charge in [-0.05, 0) is 34.7 Å². The van der Waals surface area contributed by atoms with E-state index in [1.807, 2.05) is 24.3 Å². The molecule has 1 aliphatic heterocycles. The fourth-order valence-corrected chi connectivity index (χ4v) is 3.89. The number of benzene rings is 2. The Hall–Kier alpha value is -4.06. The van der Waals surface area contributed by atoms with Crippen molar-refractivity contribution in [1.82, 2.24) is 30.0 Å². The second-order valence-electron chi connectivity index (χ2n) is 7.81. The van der Waals surface area contributed by atoms with Gasteiger partial charge in [0.2, 0.25) is 5.75 Å². The lowest BCUT2D eigenvalue weighted by molar-refractivity contribution is 0.140. The molecule has 35 heavy (non-hydrogen) atoms. The van der Waals surface area contributed by atoms with E-state index >= 15 is 0 Å². The maximum absolute atomic E-state index is 12.9. The molecule has 1 fully saturated rings. The minimum Gasteiger partial charge on any atom is -0.497 e. The third-order valence-electron chi connectivity index (χ3n) is 5.79. The highest BCUT2D eigenvalue weighted by Gasteiger charge is 2.24. The number of carbonyl (C=O) groups excluding carboxylic acids is 1. The van der Waals surface area contributed by atoms with Crippen LogP contribution in [0.25, 0.3) is 5.69 Å². The summed E-state index contributed by atoms with van der Waals surface area (Å²) in [4.78, 5) is 16.9. The standard InChI is InChI=1S/C23H29N7O5/c1-32-18-7-5-17(6-8-18)30-21(25-26-27-30)15-28-9-11-29(12-10-28)23(31)24-16-13-19(33-2)22(35-4)20(14-16)34-3/h5-8,13-14H,9-12,15H2,1-4H3,(H,24,31). The number of nitrogens with zero attached hydrogens (tertiary/aromatic N) is 6. The number of hydrogen-bond acceptors (Lipinski definition) is 9. The van der Waals surface area contributed by atoms with E-state index in [0.717, 1.165) is 17.3 Å². The summed E-state index contributed by atoms with van der Waals surface area (Å²) in [6, 6.07) is 10.8. The van der Waals surface area contributed by atoms with Gasteiger partial charge < -0.3 is 29.2 Å². The molecule has 186 valence electrons. The summed E-state index contributed by atoms with van der Waals surface area (Å²) < 4.78 is 23.0. The van der Waals surface area contributed by atoms with E-state index in [9.17, 15) is 4.79 Å². The number of hydrogen-bond donors (Lipinski definition) is 1. The first-order chi connectivity index (χ1) is 17.1. The third kappa shape index (κ3) is 5.38. The van der Waals surface area contributed by atoms with Crippen LogP contribution < -0.4 is 24.3 Å². The minimum absolute atomic E-state index is 0.193. The predicted molar refractivity (Wildman–Crippen MR) is 128 cm³/mol. The molecule has 0 spiro atoms. The number of rotatable bonds is 8. The van der Waals surface area contributed by atoms with Gasteiger partial charge in [-0.25, -0.2) is 4.79 Å². The van der Waals surface area contributed by atoms with Crippen LogP contribution in [0.1, 0.15) is 5.82 Å². The number of ether oxygens (including phenoxy) is 4. The number of tetrazole rings is 1. The van der Waals surface area contributed by atoms with Crippen LogP contribution in [-0.4, -0.2) is 90.7 Å². The second-order valence-corrected chi connectivity index (χ2v) is 7.81. The molecule has 2 heterocycles. The second kappa shape index (κ2) is 10.9. The van der Waals surface area contributed by atoms with Crippen molar-refractivity contribution in [3.05, 3.63) is 42.2 Å². The topological polar surface area (TPSA) is 116 Å². The van der Waals surface area contributed by atoms with E-state index in [1.165, 1.54) is 21.3 Å². The maximum atomic E-state index is 12.9. The Morgan fingerprint density at radius 1 is 0.914 bits per heavy atom. The summed E-state index contributed by atoms with van der Waals surface area (Å²) in [7, 11) is 6.23. The number of piperazine rings is 1. The molecule has 1 N–H and O–H groups in total. The smallest absolute Gasteiger partial charge is 0.321 e. The van der Waals surface area contributed by atoms with Gasteiger partial charge in [-0.1, -0.05) is 0 Å². The van der Waals surface area contributed by atoms with Crippen LogP contribution in [0, 0.1) is 0 Å². The molecular formula is C23H29N7O5. The Balaban J connectivity index is 1.35. The summed E-state index contributed by atoms with van der Waals surface area (Å²) in [5, 5.41) is 15.1. The molecule has 2 amide bonds. The van der Waals surface area contributed by atoms with Gasteiger partial charge >= 0.3 is 6.03 Å². The van der Waals surface area contributed by atoms with Gasteiger partial charge in [0.05, 0.1) is 46.4 Å². The van der Waals surface area contributed by atoms with Crippen molar-refractivity contribution in [1.29, 1.82) is 0 Å². The van der Waals surface area contributed by atoms with Gasteiger partial charge in [-0.2, -0.15) is 4.68 Å². The number of methoxy groups -OCH3 is 4. The minimum atomic E-state index is -0.193. The molecule has 0 aliphatic carbocycles. The zero-order valence-corrected chi connectivity index (χ0v) is 20.2. The Kier molecular flexibility index (Phi) is 7.51. The average Bonchev–Trinajstić information content (AvgIpc) is 3.36. The zero-order chi connectivity index (χ0) is 24.8. The highest BCUT2D eigenvalue weighted by atomic mass is 16.5. The highest BCUT2D eigenvalue weighted by molar-refractivity contribution is 5.90. The Morgan fingerprint density at radius 3 is 2.14 bits per heavy atom. The maximum Gasteiger partial charge on any atom is 0.321 e. The van der Waals surface area contributed by atoms with E-state index in [1.54, 1.807) is 28.8 Å². The molecule has 0 unspecified atom stereocenters. The molecular weight excluding hydrogens is 454 g/mol. The van der Waals surface area contributed by atoms with Gasteiger partial charge in [0, 0.05) is 38.3 Å². The number of anilines is 1. The predicted octanol–water partition coefficient (Wildman–Crippen LogP) is 2.05. The Labute approximate surface area is 203 Å². The molecule has 1 aliphatic rings. The summed E-state index contributed by atoms with van der Waals surface area (Å²) >= 11 is 0. The molecule has 3 aromatic rings. The lowest BCUT2D eigenvalue weighted by atomic mass is 10.2. The van der Waals surface area contributed by atoms with Crippen molar-refractivity contribution in [3.8, 4) is 28.7 Å². The molecule has 0 atom stereocenters. The molecule has 4 rings (SSSR count). The lowest BCUT2D eigenvalue weighted by Gasteiger charge is -2.34. The number of nitrogens with one attached hydrogen (secondary N) is 1. The van der Waals surface area contributed by atoms with Crippen LogP contribution in [0.3, 0.4) is 0 Å². The SMILES string of the molecule is COc1ccc(-n2nnnc2CN2CCN(C(=O)Nc3cc(OC)c(OC)c(OC)c3)CC2)cc1.